The monoisotopic (exact) mass is 431 g/mol. The summed E-state index contributed by atoms with van der Waals surface area (Å²) in [5.74, 6) is 0.328. The zero-order chi connectivity index (χ0) is 22.7. The normalized spacial score (nSPS) is 10.6. The summed E-state index contributed by atoms with van der Waals surface area (Å²) in [5.41, 5.74) is 0.868. The zero-order valence-corrected chi connectivity index (χ0v) is 17.3. The zero-order valence-electron chi connectivity index (χ0n) is 17.3. The van der Waals surface area contributed by atoms with E-state index in [4.69, 9.17) is 19.5 Å². The minimum Gasteiger partial charge on any atom is -0.493 e. The van der Waals surface area contributed by atoms with E-state index in [1.165, 1.54) is 20.3 Å². The van der Waals surface area contributed by atoms with Crippen molar-refractivity contribution in [2.24, 2.45) is 0 Å². The van der Waals surface area contributed by atoms with E-state index >= 15 is 4.39 Å². The van der Waals surface area contributed by atoms with Crippen molar-refractivity contribution in [1.82, 2.24) is 10.3 Å². The van der Waals surface area contributed by atoms with Crippen molar-refractivity contribution in [2.75, 3.05) is 20.8 Å². The molecule has 32 heavy (non-hydrogen) atoms. The number of nitrogens with one attached hydrogen (secondary N) is 1. The second kappa shape index (κ2) is 8.78. The predicted octanol–water partition coefficient (Wildman–Crippen LogP) is 4.59. The first-order valence-corrected chi connectivity index (χ1v) is 9.62. The number of carbonyl (C=O) groups is 1. The molecule has 0 bridgehead atoms. The van der Waals surface area contributed by atoms with Gasteiger partial charge in [0.05, 0.1) is 25.8 Å². The number of hydrogen-bond acceptors (Lipinski definition) is 6. The lowest BCUT2D eigenvalue weighted by molar-refractivity contribution is 0.0960. The van der Waals surface area contributed by atoms with Crippen molar-refractivity contribution in [1.29, 1.82) is 5.26 Å². The average molecular weight is 431 g/mol. The molecule has 3 aromatic carbocycles. The molecule has 0 saturated heterocycles. The number of nitrogens with zero attached hydrogens (tertiary/aromatic N) is 2. The van der Waals surface area contributed by atoms with E-state index in [0.717, 1.165) is 0 Å². The van der Waals surface area contributed by atoms with Gasteiger partial charge in [0, 0.05) is 28.6 Å². The number of hydrogen-bond donors (Lipinski definition) is 1. The van der Waals surface area contributed by atoms with Crippen LogP contribution in [-0.2, 0) is 0 Å². The highest BCUT2D eigenvalue weighted by Gasteiger charge is 2.17. The molecule has 0 aliphatic heterocycles. The Morgan fingerprint density at radius 2 is 1.78 bits per heavy atom. The molecule has 0 radical (unpaired) electrons. The van der Waals surface area contributed by atoms with Gasteiger partial charge >= 0.3 is 0 Å². The molecule has 0 aliphatic rings. The largest absolute Gasteiger partial charge is 0.493 e. The Hall–Kier alpha value is -4.38. The average Bonchev–Trinajstić information content (AvgIpc) is 2.83. The van der Waals surface area contributed by atoms with Crippen LogP contribution in [0.2, 0.25) is 0 Å². The summed E-state index contributed by atoms with van der Waals surface area (Å²) in [6.45, 7) is -0.137. The van der Waals surface area contributed by atoms with Gasteiger partial charge in [-0.15, -0.1) is 0 Å². The van der Waals surface area contributed by atoms with E-state index in [0.29, 0.717) is 33.5 Å². The van der Waals surface area contributed by atoms with E-state index in [2.05, 4.69) is 10.3 Å². The second-order valence-corrected chi connectivity index (χ2v) is 6.75. The van der Waals surface area contributed by atoms with Crippen molar-refractivity contribution < 1.29 is 23.4 Å². The first-order chi connectivity index (χ1) is 15.6. The number of halogens is 1. The van der Waals surface area contributed by atoms with Crippen molar-refractivity contribution in [3.8, 4) is 29.1 Å². The number of nitriles is 1. The Kier molecular flexibility index (Phi) is 5.73. The molecule has 1 heterocycles. The van der Waals surface area contributed by atoms with Gasteiger partial charge < -0.3 is 19.5 Å². The Balaban J connectivity index is 1.77. The topological polar surface area (TPSA) is 93.5 Å². The summed E-state index contributed by atoms with van der Waals surface area (Å²) >= 11 is 0. The fraction of sp³-hybridized carbons (Fsp3) is 0.125. The van der Waals surface area contributed by atoms with Crippen LogP contribution in [0.5, 0.6) is 23.0 Å². The van der Waals surface area contributed by atoms with Crippen molar-refractivity contribution in [2.45, 2.75) is 0 Å². The molecule has 0 saturated carbocycles. The van der Waals surface area contributed by atoms with Crippen LogP contribution in [0.15, 0.2) is 54.7 Å². The molecule has 0 aliphatic carbocycles. The number of methoxy groups -OCH3 is 2. The van der Waals surface area contributed by atoms with Crippen LogP contribution in [0, 0.1) is 17.1 Å². The molecule has 4 aromatic rings. The fourth-order valence-corrected chi connectivity index (χ4v) is 3.45. The number of carbonyl (C=O) groups excluding carboxylic acids is 1. The summed E-state index contributed by atoms with van der Waals surface area (Å²) in [7, 11) is 3.05. The summed E-state index contributed by atoms with van der Waals surface area (Å²) in [6.07, 6.45) is 1.56. The van der Waals surface area contributed by atoms with E-state index in [1.54, 1.807) is 48.7 Å². The van der Waals surface area contributed by atoms with Gasteiger partial charge in [0.25, 0.3) is 5.91 Å². The molecule has 160 valence electrons. The third kappa shape index (κ3) is 3.72. The van der Waals surface area contributed by atoms with E-state index < -0.39 is 11.7 Å². The van der Waals surface area contributed by atoms with E-state index in [9.17, 15) is 4.79 Å². The Morgan fingerprint density at radius 1 is 1.00 bits per heavy atom. The highest BCUT2D eigenvalue weighted by molar-refractivity contribution is 6.07. The standard InChI is InChI=1S/C24H18FN3O4/c1-30-21-12-17-18(13-22(21)31-2)27-10-8-19(17)32-20-7-6-14-15(23(20)25)4-3-5-16(14)24(29)28-11-9-26/h3-8,10,12-13H,11H2,1-2H3,(H,28,29). The van der Waals surface area contributed by atoms with Gasteiger partial charge in [-0.3, -0.25) is 9.78 Å². The lowest BCUT2D eigenvalue weighted by Gasteiger charge is -2.14. The minimum atomic E-state index is -0.608. The lowest BCUT2D eigenvalue weighted by atomic mass is 10.0. The van der Waals surface area contributed by atoms with Gasteiger partial charge in [0.15, 0.2) is 23.1 Å². The summed E-state index contributed by atoms with van der Waals surface area (Å²) < 4.78 is 31.9. The van der Waals surface area contributed by atoms with E-state index in [1.807, 2.05) is 6.07 Å². The molecular formula is C24H18FN3O4. The first kappa shape index (κ1) is 20.9. The van der Waals surface area contributed by atoms with Gasteiger partial charge in [-0.05, 0) is 35.7 Å². The molecule has 0 fully saturated rings. The van der Waals surface area contributed by atoms with Gasteiger partial charge in [-0.2, -0.15) is 5.26 Å². The maximum absolute atomic E-state index is 15.3. The molecule has 1 amide bonds. The predicted molar refractivity (Wildman–Crippen MR) is 117 cm³/mol. The van der Waals surface area contributed by atoms with Gasteiger partial charge in [-0.1, -0.05) is 12.1 Å². The third-order valence-electron chi connectivity index (χ3n) is 4.96. The number of fused-ring (bicyclic) bond motifs is 2. The lowest BCUT2D eigenvalue weighted by Crippen LogP contribution is -2.23. The molecule has 0 unspecified atom stereocenters. The van der Waals surface area contributed by atoms with Crippen LogP contribution in [0.3, 0.4) is 0 Å². The molecule has 4 rings (SSSR count). The quantitative estimate of drug-likeness (QED) is 0.449. The van der Waals surface area contributed by atoms with Gasteiger partial charge in [0.1, 0.15) is 12.3 Å². The van der Waals surface area contributed by atoms with Crippen molar-refractivity contribution >= 4 is 27.6 Å². The van der Waals surface area contributed by atoms with Crippen molar-refractivity contribution in [3.63, 3.8) is 0 Å². The Bertz CT molecular complexity index is 1380. The molecule has 7 nitrogen and oxygen atoms in total. The summed E-state index contributed by atoms with van der Waals surface area (Å²) in [5, 5.41) is 12.4. The van der Waals surface area contributed by atoms with Crippen LogP contribution >= 0.6 is 0 Å². The Labute approximate surface area is 183 Å². The van der Waals surface area contributed by atoms with Crippen LogP contribution in [0.25, 0.3) is 21.7 Å². The fourth-order valence-electron chi connectivity index (χ4n) is 3.45. The smallest absolute Gasteiger partial charge is 0.252 e. The minimum absolute atomic E-state index is 0.00521. The molecule has 1 aromatic heterocycles. The van der Waals surface area contributed by atoms with Crippen LogP contribution in [-0.4, -0.2) is 31.7 Å². The molecule has 0 atom stereocenters. The maximum Gasteiger partial charge on any atom is 0.252 e. The first-order valence-electron chi connectivity index (χ1n) is 9.62. The Morgan fingerprint density at radius 3 is 2.53 bits per heavy atom. The summed E-state index contributed by atoms with van der Waals surface area (Å²) in [4.78, 5) is 16.6. The maximum atomic E-state index is 15.3. The van der Waals surface area contributed by atoms with Crippen LogP contribution in [0.4, 0.5) is 4.39 Å². The second-order valence-electron chi connectivity index (χ2n) is 6.75. The summed E-state index contributed by atoms with van der Waals surface area (Å²) in [6, 6.07) is 14.7. The molecular weight excluding hydrogens is 413 g/mol. The number of rotatable bonds is 6. The number of benzene rings is 3. The molecule has 1 N–H and O–H groups in total. The van der Waals surface area contributed by atoms with Gasteiger partial charge in [0.2, 0.25) is 0 Å². The highest BCUT2D eigenvalue weighted by atomic mass is 19.1. The third-order valence-corrected chi connectivity index (χ3v) is 4.96. The van der Waals surface area contributed by atoms with Crippen molar-refractivity contribution in [3.05, 3.63) is 66.1 Å². The number of ether oxygens (including phenoxy) is 3. The van der Waals surface area contributed by atoms with Crippen LogP contribution < -0.4 is 19.5 Å². The van der Waals surface area contributed by atoms with Gasteiger partial charge in [-0.25, -0.2) is 4.39 Å². The highest BCUT2D eigenvalue weighted by Crippen LogP contribution is 2.38. The molecule has 0 spiro atoms. The van der Waals surface area contributed by atoms with Crippen LogP contribution in [0.1, 0.15) is 10.4 Å². The number of amides is 1. The number of aromatic nitrogens is 1. The molecule has 8 heteroatoms. The number of pyridine rings is 1. The van der Waals surface area contributed by atoms with E-state index in [-0.39, 0.29) is 23.2 Å². The SMILES string of the molecule is COc1cc2nccc(Oc3ccc4c(C(=O)NCC#N)cccc4c3F)c2cc1OC.